The number of carbonyl (C=O) groups excluding carboxylic acids is 2. The number of nitrogens with zero attached hydrogens (tertiary/aromatic N) is 3. The number of hydrogen-bond donors (Lipinski definition) is 2. The number of quaternary nitrogens is 1. The first-order chi connectivity index (χ1) is 14.8. The highest BCUT2D eigenvalue weighted by Crippen LogP contribution is 2.39. The predicted molar refractivity (Wildman–Crippen MR) is 113 cm³/mol. The van der Waals surface area contributed by atoms with Crippen molar-refractivity contribution in [2.24, 2.45) is 0 Å². The number of likely N-dealkylation sites (tertiary alicyclic amines) is 1. The zero-order valence-electron chi connectivity index (χ0n) is 17.6. The lowest BCUT2D eigenvalue weighted by molar-refractivity contribution is -0.857. The van der Waals surface area contributed by atoms with E-state index in [1.54, 1.807) is 29.7 Å². The fourth-order valence-corrected chi connectivity index (χ4v) is 3.97. The summed E-state index contributed by atoms with van der Waals surface area (Å²) in [6.07, 6.45) is 1.74. The molecule has 3 heterocycles. The van der Waals surface area contributed by atoms with Crippen molar-refractivity contribution < 1.29 is 24.0 Å². The molecule has 0 radical (unpaired) electrons. The SMILES string of the molecule is Cc1nc2ccccn2c1/C(O)=C1\C(=O)C(=O)N(CC[NH+](C)C)[C@@H]1c1ccc(F)cc1. The van der Waals surface area contributed by atoms with Crippen molar-refractivity contribution in [3.05, 3.63) is 77.0 Å². The van der Waals surface area contributed by atoms with Crippen LogP contribution in [0.2, 0.25) is 0 Å². The van der Waals surface area contributed by atoms with E-state index in [0.717, 1.165) is 4.90 Å². The average molecular weight is 423 g/mol. The molecule has 3 aromatic rings. The molecule has 7 nitrogen and oxygen atoms in total. The van der Waals surface area contributed by atoms with Gasteiger partial charge in [0.1, 0.15) is 17.2 Å². The maximum atomic E-state index is 13.6. The van der Waals surface area contributed by atoms with E-state index >= 15 is 0 Å². The number of Topliss-reactive ketones (excluding diaryl/α,β-unsaturated/α-hetero) is 1. The number of imidazole rings is 1. The molecule has 0 aliphatic carbocycles. The Kier molecular flexibility index (Phi) is 5.32. The van der Waals surface area contributed by atoms with E-state index < -0.39 is 23.5 Å². The second-order valence-electron chi connectivity index (χ2n) is 7.98. The lowest BCUT2D eigenvalue weighted by Crippen LogP contribution is -3.06. The van der Waals surface area contributed by atoms with Crippen LogP contribution in [0.1, 0.15) is 23.0 Å². The van der Waals surface area contributed by atoms with E-state index in [9.17, 15) is 19.1 Å². The smallest absolute Gasteiger partial charge is 0.295 e. The van der Waals surface area contributed by atoms with Gasteiger partial charge in [0, 0.05) is 6.20 Å². The second-order valence-corrected chi connectivity index (χ2v) is 7.98. The van der Waals surface area contributed by atoms with Gasteiger partial charge in [-0.25, -0.2) is 9.37 Å². The van der Waals surface area contributed by atoms with Gasteiger partial charge in [0.2, 0.25) is 0 Å². The van der Waals surface area contributed by atoms with Crippen LogP contribution in [0.4, 0.5) is 4.39 Å². The van der Waals surface area contributed by atoms with Crippen molar-refractivity contribution in [2.75, 3.05) is 27.2 Å². The predicted octanol–water partition coefficient (Wildman–Crippen LogP) is 1.35. The van der Waals surface area contributed by atoms with Crippen molar-refractivity contribution in [3.8, 4) is 0 Å². The molecule has 0 bridgehead atoms. The molecule has 0 spiro atoms. The molecule has 4 rings (SSSR count). The molecule has 0 unspecified atom stereocenters. The number of aliphatic hydroxyl groups is 1. The minimum atomic E-state index is -0.811. The third-order valence-electron chi connectivity index (χ3n) is 5.51. The molecule has 1 aliphatic heterocycles. The summed E-state index contributed by atoms with van der Waals surface area (Å²) in [5.41, 5.74) is 2.05. The lowest BCUT2D eigenvalue weighted by Gasteiger charge is -2.25. The van der Waals surface area contributed by atoms with Crippen LogP contribution in [0.3, 0.4) is 0 Å². The minimum Gasteiger partial charge on any atom is -0.505 e. The highest BCUT2D eigenvalue weighted by Gasteiger charge is 2.46. The van der Waals surface area contributed by atoms with Crippen molar-refractivity contribution in [2.45, 2.75) is 13.0 Å². The number of aryl methyl sites for hydroxylation is 1. The van der Waals surface area contributed by atoms with E-state index in [-0.39, 0.29) is 11.3 Å². The Labute approximate surface area is 179 Å². The number of nitrogens with one attached hydrogen (secondary N) is 1. The van der Waals surface area contributed by atoms with Crippen molar-refractivity contribution >= 4 is 23.1 Å². The zero-order chi connectivity index (χ0) is 22.3. The standard InChI is InChI=1S/C23H23FN4O3/c1-14-19(27-11-5-4-6-17(27)25-14)21(29)18-20(15-7-9-16(24)10-8-15)28(13-12-26(2)3)23(31)22(18)30/h4-11,20,29H,12-13H2,1-3H3/p+1/b21-18+/t20-/m1/s1. The Morgan fingerprint density at radius 1 is 1.16 bits per heavy atom. The van der Waals surface area contributed by atoms with Gasteiger partial charge in [-0.05, 0) is 36.8 Å². The molecular weight excluding hydrogens is 399 g/mol. The largest absolute Gasteiger partial charge is 0.505 e. The van der Waals surface area contributed by atoms with Gasteiger partial charge >= 0.3 is 0 Å². The normalized spacial score (nSPS) is 18.5. The van der Waals surface area contributed by atoms with E-state index in [1.807, 2.05) is 20.2 Å². The van der Waals surface area contributed by atoms with Crippen LogP contribution in [0.15, 0.2) is 54.2 Å². The lowest BCUT2D eigenvalue weighted by atomic mass is 9.96. The van der Waals surface area contributed by atoms with Gasteiger partial charge < -0.3 is 14.9 Å². The molecule has 1 aromatic carbocycles. The van der Waals surface area contributed by atoms with Gasteiger partial charge in [-0.2, -0.15) is 0 Å². The summed E-state index contributed by atoms with van der Waals surface area (Å²) in [7, 11) is 3.90. The minimum absolute atomic E-state index is 0.0147. The van der Waals surface area contributed by atoms with Gasteiger partial charge in [-0.1, -0.05) is 18.2 Å². The van der Waals surface area contributed by atoms with Crippen LogP contribution < -0.4 is 4.90 Å². The second kappa shape index (κ2) is 7.96. The van der Waals surface area contributed by atoms with Gasteiger partial charge in [0.25, 0.3) is 11.7 Å². The van der Waals surface area contributed by atoms with Gasteiger partial charge in [0.15, 0.2) is 5.76 Å². The quantitative estimate of drug-likeness (QED) is 0.369. The number of rotatable bonds is 5. The summed E-state index contributed by atoms with van der Waals surface area (Å²) >= 11 is 0. The van der Waals surface area contributed by atoms with Gasteiger partial charge in [-0.3, -0.25) is 14.0 Å². The fraction of sp³-hybridized carbons (Fsp3) is 0.261. The fourth-order valence-electron chi connectivity index (χ4n) is 3.97. The first-order valence-corrected chi connectivity index (χ1v) is 10.1. The Bertz CT molecular complexity index is 1200. The monoisotopic (exact) mass is 423 g/mol. The number of likely N-dealkylation sites (N-methyl/N-ethyl adjacent to an activating group) is 1. The number of amides is 1. The highest BCUT2D eigenvalue weighted by molar-refractivity contribution is 6.46. The molecule has 8 heteroatoms. The summed E-state index contributed by atoms with van der Waals surface area (Å²) in [6.45, 7) is 2.66. The van der Waals surface area contributed by atoms with Crippen molar-refractivity contribution in [1.82, 2.24) is 14.3 Å². The summed E-state index contributed by atoms with van der Waals surface area (Å²) in [5, 5.41) is 11.3. The molecule has 2 aromatic heterocycles. The van der Waals surface area contributed by atoms with Crippen LogP contribution in [-0.4, -0.2) is 58.3 Å². The summed E-state index contributed by atoms with van der Waals surface area (Å²) < 4.78 is 15.2. The Balaban J connectivity index is 1.92. The van der Waals surface area contributed by atoms with E-state index in [0.29, 0.717) is 35.7 Å². The third kappa shape index (κ3) is 3.59. The zero-order valence-corrected chi connectivity index (χ0v) is 17.6. The van der Waals surface area contributed by atoms with Gasteiger partial charge in [0.05, 0.1) is 44.5 Å². The molecule has 160 valence electrons. The van der Waals surface area contributed by atoms with E-state index in [4.69, 9.17) is 0 Å². The van der Waals surface area contributed by atoms with Crippen molar-refractivity contribution in [3.63, 3.8) is 0 Å². The molecule has 1 atom stereocenters. The number of fused-ring (bicyclic) bond motifs is 1. The number of halogens is 1. The topological polar surface area (TPSA) is 79.3 Å². The summed E-state index contributed by atoms with van der Waals surface area (Å²) in [4.78, 5) is 33.0. The van der Waals surface area contributed by atoms with E-state index in [2.05, 4.69) is 4.98 Å². The molecule has 1 amide bonds. The van der Waals surface area contributed by atoms with Crippen LogP contribution in [-0.2, 0) is 9.59 Å². The Hall–Kier alpha value is -3.52. The highest BCUT2D eigenvalue weighted by atomic mass is 19.1. The summed E-state index contributed by atoms with van der Waals surface area (Å²) in [6, 6.07) is 10.2. The van der Waals surface area contributed by atoms with Crippen molar-refractivity contribution in [1.29, 1.82) is 0 Å². The van der Waals surface area contributed by atoms with Crippen LogP contribution in [0.25, 0.3) is 11.4 Å². The average Bonchev–Trinajstić information content (AvgIpc) is 3.20. The third-order valence-corrected chi connectivity index (χ3v) is 5.51. The molecular formula is C23H24FN4O3+. The molecule has 1 aliphatic rings. The first kappa shape index (κ1) is 20.7. The van der Waals surface area contributed by atoms with Gasteiger partial charge in [-0.15, -0.1) is 0 Å². The number of carbonyl (C=O) groups is 2. The summed E-state index contributed by atoms with van der Waals surface area (Å²) in [5.74, 6) is -2.14. The van der Waals surface area contributed by atoms with Crippen LogP contribution in [0.5, 0.6) is 0 Å². The number of aliphatic hydroxyl groups excluding tert-OH is 1. The van der Waals surface area contributed by atoms with Crippen LogP contribution in [0, 0.1) is 12.7 Å². The molecule has 0 saturated carbocycles. The number of hydrogen-bond acceptors (Lipinski definition) is 4. The number of pyridine rings is 1. The van der Waals surface area contributed by atoms with Crippen LogP contribution >= 0.6 is 0 Å². The number of benzene rings is 1. The number of ketones is 1. The molecule has 2 N–H and O–H groups in total. The number of aromatic nitrogens is 2. The Morgan fingerprint density at radius 2 is 1.87 bits per heavy atom. The van der Waals surface area contributed by atoms with E-state index in [1.165, 1.54) is 29.2 Å². The maximum Gasteiger partial charge on any atom is 0.295 e. The Morgan fingerprint density at radius 3 is 2.55 bits per heavy atom. The first-order valence-electron chi connectivity index (χ1n) is 10.1. The molecule has 1 fully saturated rings. The molecule has 31 heavy (non-hydrogen) atoms. The maximum absolute atomic E-state index is 13.6. The molecule has 1 saturated heterocycles.